The van der Waals surface area contributed by atoms with Gasteiger partial charge in [-0.2, -0.15) is 0 Å². The summed E-state index contributed by atoms with van der Waals surface area (Å²) in [6.07, 6.45) is 0. The smallest absolute Gasteiger partial charge is 0.142 e. The first-order valence-corrected chi connectivity index (χ1v) is 6.48. The van der Waals surface area contributed by atoms with E-state index in [-0.39, 0.29) is 6.04 Å². The van der Waals surface area contributed by atoms with E-state index < -0.39 is 0 Å². The average molecular weight is 257 g/mol. The quantitative estimate of drug-likeness (QED) is 0.851. The van der Waals surface area contributed by atoms with Crippen LogP contribution in [-0.2, 0) is 0 Å². The highest BCUT2D eigenvalue weighted by atomic mass is 16.5. The zero-order valence-electron chi connectivity index (χ0n) is 11.3. The number of hydrogen-bond acceptors (Lipinski definition) is 3. The zero-order valence-corrected chi connectivity index (χ0v) is 11.3. The summed E-state index contributed by atoms with van der Waals surface area (Å²) in [6, 6.07) is 15.2. The molecule has 2 aromatic rings. The molecule has 0 radical (unpaired) electrons. The summed E-state index contributed by atoms with van der Waals surface area (Å²) >= 11 is 0. The molecule has 0 aliphatic heterocycles. The largest absolute Gasteiger partial charge is 0.508 e. The lowest BCUT2D eigenvalue weighted by Crippen LogP contribution is -2.08. The monoisotopic (exact) mass is 257 g/mol. The highest BCUT2D eigenvalue weighted by molar-refractivity contribution is 5.57. The molecule has 0 fully saturated rings. The van der Waals surface area contributed by atoms with Crippen molar-refractivity contribution in [2.45, 2.75) is 19.9 Å². The van der Waals surface area contributed by atoms with Crippen LogP contribution in [0, 0.1) is 0 Å². The first-order valence-electron chi connectivity index (χ1n) is 6.48. The van der Waals surface area contributed by atoms with Gasteiger partial charge in [0.25, 0.3) is 0 Å². The third-order valence-electron chi connectivity index (χ3n) is 2.96. The first-order chi connectivity index (χ1) is 9.22. The highest BCUT2D eigenvalue weighted by Crippen LogP contribution is 2.30. The summed E-state index contributed by atoms with van der Waals surface area (Å²) in [4.78, 5) is 0. The molecule has 0 amide bonds. The molecular formula is C16H19NO2. The van der Waals surface area contributed by atoms with Crippen molar-refractivity contribution < 1.29 is 9.84 Å². The van der Waals surface area contributed by atoms with Crippen molar-refractivity contribution in [3.63, 3.8) is 0 Å². The average Bonchev–Trinajstić information content (AvgIpc) is 2.41. The number of para-hydroxylation sites is 3. The molecule has 0 spiro atoms. The van der Waals surface area contributed by atoms with Gasteiger partial charge >= 0.3 is 0 Å². The second-order valence-corrected chi connectivity index (χ2v) is 4.35. The van der Waals surface area contributed by atoms with Crippen molar-refractivity contribution in [3.05, 3.63) is 54.1 Å². The maximum Gasteiger partial charge on any atom is 0.142 e. The molecule has 0 heterocycles. The molecule has 0 aliphatic carbocycles. The van der Waals surface area contributed by atoms with Crippen LogP contribution in [0.3, 0.4) is 0 Å². The normalized spacial score (nSPS) is 11.9. The molecule has 0 aliphatic rings. The van der Waals surface area contributed by atoms with Gasteiger partial charge in [0.05, 0.1) is 18.3 Å². The fourth-order valence-corrected chi connectivity index (χ4v) is 2.03. The molecule has 3 nitrogen and oxygen atoms in total. The van der Waals surface area contributed by atoms with E-state index in [2.05, 4.69) is 5.32 Å². The summed E-state index contributed by atoms with van der Waals surface area (Å²) in [5.74, 6) is 1.13. The second kappa shape index (κ2) is 6.14. The fraction of sp³-hybridized carbons (Fsp3) is 0.250. The van der Waals surface area contributed by atoms with E-state index in [4.69, 9.17) is 4.74 Å². The van der Waals surface area contributed by atoms with E-state index in [1.54, 1.807) is 6.07 Å². The summed E-state index contributed by atoms with van der Waals surface area (Å²) in [5.41, 5.74) is 1.80. The number of ether oxygens (including phenoxy) is 1. The number of hydrogen-bond donors (Lipinski definition) is 2. The molecule has 1 atom stereocenters. The van der Waals surface area contributed by atoms with Gasteiger partial charge in [0, 0.05) is 5.56 Å². The SMILES string of the molecule is CCOc1ccccc1NC(C)c1ccccc1O. The van der Waals surface area contributed by atoms with Gasteiger partial charge in [-0.25, -0.2) is 0 Å². The minimum Gasteiger partial charge on any atom is -0.508 e. The Morgan fingerprint density at radius 3 is 2.53 bits per heavy atom. The van der Waals surface area contributed by atoms with Crippen LogP contribution in [0.15, 0.2) is 48.5 Å². The minimum absolute atomic E-state index is 0.00260. The minimum atomic E-state index is 0.00260. The predicted molar refractivity (Wildman–Crippen MR) is 77.8 cm³/mol. The van der Waals surface area contributed by atoms with Gasteiger partial charge in [0.15, 0.2) is 0 Å². The zero-order chi connectivity index (χ0) is 13.7. The maximum absolute atomic E-state index is 9.86. The number of rotatable bonds is 5. The van der Waals surface area contributed by atoms with Crippen LogP contribution in [-0.4, -0.2) is 11.7 Å². The summed E-state index contributed by atoms with van der Waals surface area (Å²) in [6.45, 7) is 4.60. The second-order valence-electron chi connectivity index (χ2n) is 4.35. The lowest BCUT2D eigenvalue weighted by molar-refractivity contribution is 0.341. The number of benzene rings is 2. The van der Waals surface area contributed by atoms with Crippen LogP contribution >= 0.6 is 0 Å². The maximum atomic E-state index is 9.86. The summed E-state index contributed by atoms with van der Waals surface area (Å²) in [5, 5.41) is 13.2. The molecule has 0 aromatic heterocycles. The van der Waals surface area contributed by atoms with Gasteiger partial charge in [-0.1, -0.05) is 30.3 Å². The van der Waals surface area contributed by atoms with Gasteiger partial charge in [0.2, 0.25) is 0 Å². The van der Waals surface area contributed by atoms with E-state index in [9.17, 15) is 5.11 Å². The van der Waals surface area contributed by atoms with Crippen LogP contribution in [0.4, 0.5) is 5.69 Å². The lowest BCUT2D eigenvalue weighted by atomic mass is 10.1. The van der Waals surface area contributed by atoms with Gasteiger partial charge < -0.3 is 15.2 Å². The number of aromatic hydroxyl groups is 1. The molecule has 19 heavy (non-hydrogen) atoms. The molecule has 2 aromatic carbocycles. The van der Waals surface area contributed by atoms with Crippen molar-refractivity contribution in [2.24, 2.45) is 0 Å². The van der Waals surface area contributed by atoms with E-state index in [0.29, 0.717) is 12.4 Å². The molecule has 3 heteroatoms. The van der Waals surface area contributed by atoms with E-state index in [1.807, 2.05) is 56.3 Å². The molecular weight excluding hydrogens is 238 g/mol. The van der Waals surface area contributed by atoms with Crippen molar-refractivity contribution >= 4 is 5.69 Å². The van der Waals surface area contributed by atoms with Crippen LogP contribution < -0.4 is 10.1 Å². The summed E-state index contributed by atoms with van der Waals surface area (Å²) < 4.78 is 5.58. The van der Waals surface area contributed by atoms with Crippen LogP contribution in [0.1, 0.15) is 25.5 Å². The molecule has 100 valence electrons. The van der Waals surface area contributed by atoms with E-state index >= 15 is 0 Å². The Kier molecular flexibility index (Phi) is 4.29. The molecule has 2 N–H and O–H groups in total. The first kappa shape index (κ1) is 13.3. The van der Waals surface area contributed by atoms with Gasteiger partial charge in [-0.05, 0) is 32.0 Å². The number of anilines is 1. The Hall–Kier alpha value is -2.16. The standard InChI is InChI=1S/C16H19NO2/c1-3-19-16-11-7-5-9-14(16)17-12(2)13-8-4-6-10-15(13)18/h4-12,17-18H,3H2,1-2H3. The molecule has 2 rings (SSSR count). The molecule has 1 unspecified atom stereocenters. The van der Waals surface area contributed by atoms with Crippen LogP contribution in [0.25, 0.3) is 0 Å². The lowest BCUT2D eigenvalue weighted by Gasteiger charge is -2.19. The van der Waals surface area contributed by atoms with Crippen LogP contribution in [0.5, 0.6) is 11.5 Å². The highest BCUT2D eigenvalue weighted by Gasteiger charge is 2.11. The van der Waals surface area contributed by atoms with E-state index in [0.717, 1.165) is 17.0 Å². The van der Waals surface area contributed by atoms with Crippen molar-refractivity contribution in [1.82, 2.24) is 0 Å². The van der Waals surface area contributed by atoms with E-state index in [1.165, 1.54) is 0 Å². The van der Waals surface area contributed by atoms with Gasteiger partial charge in [-0.15, -0.1) is 0 Å². The topological polar surface area (TPSA) is 41.5 Å². The Labute approximate surface area is 113 Å². The number of phenolic OH excluding ortho intramolecular Hbond substituents is 1. The Bertz CT molecular complexity index is 540. The van der Waals surface area contributed by atoms with Crippen LogP contribution in [0.2, 0.25) is 0 Å². The van der Waals surface area contributed by atoms with Gasteiger partial charge in [-0.3, -0.25) is 0 Å². The fourth-order valence-electron chi connectivity index (χ4n) is 2.03. The van der Waals surface area contributed by atoms with Crippen molar-refractivity contribution in [1.29, 1.82) is 0 Å². The van der Waals surface area contributed by atoms with Crippen molar-refractivity contribution in [3.8, 4) is 11.5 Å². The third-order valence-corrected chi connectivity index (χ3v) is 2.96. The molecule has 0 saturated heterocycles. The Morgan fingerprint density at radius 2 is 1.79 bits per heavy atom. The summed E-state index contributed by atoms with van der Waals surface area (Å²) in [7, 11) is 0. The Balaban J connectivity index is 2.19. The Morgan fingerprint density at radius 1 is 1.11 bits per heavy atom. The predicted octanol–water partition coefficient (Wildman–Crippen LogP) is 3.96. The van der Waals surface area contributed by atoms with Gasteiger partial charge in [0.1, 0.15) is 11.5 Å². The number of nitrogens with one attached hydrogen (secondary N) is 1. The third kappa shape index (κ3) is 3.19. The molecule has 0 bridgehead atoms. The number of phenols is 1. The molecule has 0 saturated carbocycles. The van der Waals surface area contributed by atoms with Crippen molar-refractivity contribution in [2.75, 3.05) is 11.9 Å².